The molecule has 0 aliphatic heterocycles. The van der Waals surface area contributed by atoms with Crippen LogP contribution in [0.25, 0.3) is 0 Å². The van der Waals surface area contributed by atoms with E-state index in [0.717, 1.165) is 4.47 Å². The van der Waals surface area contributed by atoms with E-state index in [2.05, 4.69) is 15.9 Å². The maximum Gasteiger partial charge on any atom is 0.264 e. The van der Waals surface area contributed by atoms with Crippen LogP contribution in [0.15, 0.2) is 40.9 Å². The zero-order valence-corrected chi connectivity index (χ0v) is 16.3. The SMILES string of the molecule is COc1cc(C(C)=O)ccc1OCC(=O)N(C)c1ccc(Br)cc1Cl. The maximum absolute atomic E-state index is 12.4. The molecule has 0 saturated carbocycles. The first-order chi connectivity index (χ1) is 11.8. The van der Waals surface area contributed by atoms with Gasteiger partial charge in [-0.3, -0.25) is 9.59 Å². The summed E-state index contributed by atoms with van der Waals surface area (Å²) in [6.07, 6.45) is 0. The Labute approximate surface area is 159 Å². The van der Waals surface area contributed by atoms with Gasteiger partial charge >= 0.3 is 0 Å². The van der Waals surface area contributed by atoms with Gasteiger partial charge < -0.3 is 14.4 Å². The number of ether oxygens (including phenoxy) is 2. The fourth-order valence-electron chi connectivity index (χ4n) is 2.13. The Kier molecular flexibility index (Phi) is 6.45. The largest absolute Gasteiger partial charge is 0.493 e. The van der Waals surface area contributed by atoms with Gasteiger partial charge in [-0.25, -0.2) is 0 Å². The van der Waals surface area contributed by atoms with Gasteiger partial charge in [0.15, 0.2) is 23.9 Å². The molecule has 0 spiro atoms. The van der Waals surface area contributed by atoms with E-state index < -0.39 is 0 Å². The van der Waals surface area contributed by atoms with Crippen molar-refractivity contribution in [2.24, 2.45) is 0 Å². The molecule has 0 unspecified atom stereocenters. The third-order valence-corrected chi connectivity index (χ3v) is 4.36. The number of anilines is 1. The molecule has 0 bridgehead atoms. The number of benzene rings is 2. The molecule has 0 saturated heterocycles. The zero-order valence-electron chi connectivity index (χ0n) is 14.0. The van der Waals surface area contributed by atoms with Crippen molar-refractivity contribution in [3.05, 3.63) is 51.5 Å². The molecule has 7 heteroatoms. The summed E-state index contributed by atoms with van der Waals surface area (Å²) in [6, 6.07) is 10.1. The number of halogens is 2. The van der Waals surface area contributed by atoms with Crippen molar-refractivity contribution in [2.45, 2.75) is 6.92 Å². The summed E-state index contributed by atoms with van der Waals surface area (Å²) in [7, 11) is 3.10. The minimum Gasteiger partial charge on any atom is -0.493 e. The van der Waals surface area contributed by atoms with Crippen molar-refractivity contribution in [2.75, 3.05) is 25.7 Å². The van der Waals surface area contributed by atoms with Crippen LogP contribution < -0.4 is 14.4 Å². The molecule has 2 aromatic carbocycles. The summed E-state index contributed by atoms with van der Waals surface area (Å²) >= 11 is 9.49. The van der Waals surface area contributed by atoms with Gasteiger partial charge in [0.1, 0.15) is 0 Å². The minimum absolute atomic E-state index is 0.0782. The normalized spacial score (nSPS) is 10.3. The van der Waals surface area contributed by atoms with Crippen LogP contribution in [0.1, 0.15) is 17.3 Å². The molecule has 5 nitrogen and oxygen atoms in total. The van der Waals surface area contributed by atoms with E-state index in [1.807, 2.05) is 0 Å². The first kappa shape index (κ1) is 19.3. The Hall–Kier alpha value is -2.05. The van der Waals surface area contributed by atoms with Crippen molar-refractivity contribution >= 4 is 44.9 Å². The topological polar surface area (TPSA) is 55.8 Å². The van der Waals surface area contributed by atoms with Crippen LogP contribution in [-0.4, -0.2) is 32.5 Å². The van der Waals surface area contributed by atoms with E-state index in [9.17, 15) is 9.59 Å². The minimum atomic E-state index is -0.276. The van der Waals surface area contributed by atoms with Crippen molar-refractivity contribution in [3.63, 3.8) is 0 Å². The number of amides is 1. The Morgan fingerprint density at radius 3 is 2.48 bits per heavy atom. The van der Waals surface area contributed by atoms with Gasteiger partial charge in [-0.15, -0.1) is 0 Å². The van der Waals surface area contributed by atoms with E-state index in [0.29, 0.717) is 27.8 Å². The van der Waals surface area contributed by atoms with Crippen molar-refractivity contribution < 1.29 is 19.1 Å². The number of hydrogen-bond donors (Lipinski definition) is 0. The van der Waals surface area contributed by atoms with Crippen LogP contribution in [0.2, 0.25) is 5.02 Å². The van der Waals surface area contributed by atoms with Crippen LogP contribution >= 0.6 is 27.5 Å². The lowest BCUT2D eigenvalue weighted by Crippen LogP contribution is -2.31. The average Bonchev–Trinajstić information content (AvgIpc) is 2.58. The molecule has 2 aromatic rings. The van der Waals surface area contributed by atoms with E-state index in [-0.39, 0.29) is 18.3 Å². The van der Waals surface area contributed by atoms with Crippen LogP contribution in [0.4, 0.5) is 5.69 Å². The molecule has 25 heavy (non-hydrogen) atoms. The number of ketones is 1. The number of Topliss-reactive ketones (excluding diaryl/α,β-unsaturated/α-hetero) is 1. The molecule has 0 N–H and O–H groups in total. The molecule has 0 heterocycles. The first-order valence-electron chi connectivity index (χ1n) is 7.37. The fourth-order valence-corrected chi connectivity index (χ4v) is 2.93. The number of methoxy groups -OCH3 is 1. The van der Waals surface area contributed by atoms with Gasteiger partial charge in [0.05, 0.1) is 17.8 Å². The van der Waals surface area contributed by atoms with E-state index in [4.69, 9.17) is 21.1 Å². The molecule has 0 atom stereocenters. The van der Waals surface area contributed by atoms with Crippen molar-refractivity contribution in [3.8, 4) is 11.5 Å². The Bertz CT molecular complexity index is 810. The monoisotopic (exact) mass is 425 g/mol. The molecule has 132 valence electrons. The quantitative estimate of drug-likeness (QED) is 0.644. The smallest absolute Gasteiger partial charge is 0.264 e. The molecule has 0 aliphatic rings. The van der Waals surface area contributed by atoms with E-state index in [1.54, 1.807) is 43.4 Å². The number of carbonyl (C=O) groups is 2. The molecule has 2 rings (SSSR count). The first-order valence-corrected chi connectivity index (χ1v) is 8.54. The Morgan fingerprint density at radius 2 is 1.88 bits per heavy atom. The number of hydrogen-bond acceptors (Lipinski definition) is 4. The third kappa shape index (κ3) is 4.74. The highest BCUT2D eigenvalue weighted by Gasteiger charge is 2.16. The summed E-state index contributed by atoms with van der Waals surface area (Å²) in [5, 5.41) is 0.452. The van der Waals surface area contributed by atoms with Crippen LogP contribution in [0.5, 0.6) is 11.5 Å². The van der Waals surface area contributed by atoms with E-state index >= 15 is 0 Å². The van der Waals surface area contributed by atoms with E-state index in [1.165, 1.54) is 18.9 Å². The standard InChI is InChI=1S/C18H17BrClNO4/c1-11(22)12-4-7-16(17(8-12)24-3)25-10-18(23)21(2)15-6-5-13(19)9-14(15)20/h4-9H,10H2,1-3H3. The number of carbonyl (C=O) groups excluding carboxylic acids is 2. The average molecular weight is 427 g/mol. The van der Waals surface area contributed by atoms with Crippen molar-refractivity contribution in [1.82, 2.24) is 0 Å². The summed E-state index contributed by atoms with van der Waals surface area (Å²) in [5.74, 6) is 0.424. The summed E-state index contributed by atoms with van der Waals surface area (Å²) in [4.78, 5) is 25.2. The molecule has 0 fully saturated rings. The molecule has 1 amide bonds. The van der Waals surface area contributed by atoms with Crippen molar-refractivity contribution in [1.29, 1.82) is 0 Å². The lowest BCUT2D eigenvalue weighted by molar-refractivity contribution is -0.120. The zero-order chi connectivity index (χ0) is 18.6. The summed E-state index contributed by atoms with van der Waals surface area (Å²) < 4.78 is 11.6. The van der Waals surface area contributed by atoms with Gasteiger partial charge in [0.25, 0.3) is 5.91 Å². The number of likely N-dealkylation sites (N-methyl/N-ethyl adjacent to an activating group) is 1. The second-order valence-electron chi connectivity index (χ2n) is 5.26. The third-order valence-electron chi connectivity index (χ3n) is 3.57. The highest BCUT2D eigenvalue weighted by Crippen LogP contribution is 2.30. The molecular formula is C18H17BrClNO4. The van der Waals surface area contributed by atoms with Crippen LogP contribution in [-0.2, 0) is 4.79 Å². The number of nitrogens with zero attached hydrogens (tertiary/aromatic N) is 1. The second kappa shape index (κ2) is 8.36. The lowest BCUT2D eigenvalue weighted by atomic mass is 10.1. The lowest BCUT2D eigenvalue weighted by Gasteiger charge is -2.19. The van der Waals surface area contributed by atoms with Gasteiger partial charge in [0, 0.05) is 17.1 Å². The highest BCUT2D eigenvalue weighted by atomic mass is 79.9. The molecule has 0 radical (unpaired) electrons. The predicted octanol–water partition coefficient (Wildman–Crippen LogP) is 4.36. The predicted molar refractivity (Wildman–Crippen MR) is 101 cm³/mol. The van der Waals surface area contributed by atoms with Crippen LogP contribution in [0, 0.1) is 0 Å². The summed E-state index contributed by atoms with van der Waals surface area (Å²) in [5.41, 5.74) is 1.09. The van der Waals surface area contributed by atoms with Gasteiger partial charge in [-0.05, 0) is 43.3 Å². The van der Waals surface area contributed by atoms with Gasteiger partial charge in [-0.2, -0.15) is 0 Å². The summed E-state index contributed by atoms with van der Waals surface area (Å²) in [6.45, 7) is 1.27. The second-order valence-corrected chi connectivity index (χ2v) is 6.58. The fraction of sp³-hybridized carbons (Fsp3) is 0.222. The Balaban J connectivity index is 2.10. The maximum atomic E-state index is 12.4. The van der Waals surface area contributed by atoms with Gasteiger partial charge in [0.2, 0.25) is 0 Å². The molecule has 0 aliphatic carbocycles. The Morgan fingerprint density at radius 1 is 1.16 bits per heavy atom. The molecular weight excluding hydrogens is 410 g/mol. The van der Waals surface area contributed by atoms with Gasteiger partial charge in [-0.1, -0.05) is 27.5 Å². The molecule has 0 aromatic heterocycles. The van der Waals surface area contributed by atoms with Crippen LogP contribution in [0.3, 0.4) is 0 Å². The number of rotatable bonds is 6. The highest BCUT2D eigenvalue weighted by molar-refractivity contribution is 9.10.